The van der Waals surface area contributed by atoms with E-state index in [1.54, 1.807) is 0 Å². The van der Waals surface area contributed by atoms with Crippen LogP contribution in [0.3, 0.4) is 0 Å². The van der Waals surface area contributed by atoms with E-state index in [-0.39, 0.29) is 33.5 Å². The summed E-state index contributed by atoms with van der Waals surface area (Å²) >= 11 is 0. The normalized spacial score (nSPS) is 10.7. The van der Waals surface area contributed by atoms with E-state index in [9.17, 15) is 0 Å². The molecule has 8 nitrogen and oxygen atoms in total. The third-order valence-corrected chi connectivity index (χ3v) is 2.80. The van der Waals surface area contributed by atoms with Crippen LogP contribution in [0.25, 0.3) is 21.9 Å². The summed E-state index contributed by atoms with van der Waals surface area (Å²) in [6, 6.07) is 1.96. The molecule has 0 unspecified atom stereocenters. The SMILES string of the molecule is N#Cc1c[nH]c2nc(=N)c3c(N)[nH]cc3c(=N)nc12. The molecule has 0 saturated carbocycles. The monoisotopic (exact) mass is 252 g/mol. The molecule has 0 aromatic carbocycles. The number of aromatic amines is 2. The molecule has 0 radical (unpaired) electrons. The molecule has 0 saturated heterocycles. The molecule has 0 spiro atoms. The van der Waals surface area contributed by atoms with Gasteiger partial charge in [0.25, 0.3) is 0 Å². The number of nitriles is 1. The summed E-state index contributed by atoms with van der Waals surface area (Å²) in [5, 5.41) is 25.6. The highest BCUT2D eigenvalue weighted by Gasteiger charge is 2.08. The Bertz CT molecular complexity index is 972. The molecule has 3 aromatic rings. The molecule has 0 aliphatic rings. The molecule has 0 atom stereocenters. The summed E-state index contributed by atoms with van der Waals surface area (Å²) in [6.45, 7) is 0. The van der Waals surface area contributed by atoms with Crippen LogP contribution in [-0.4, -0.2) is 19.9 Å². The number of nitrogen functional groups attached to an aromatic ring is 1. The van der Waals surface area contributed by atoms with Crippen LogP contribution in [0.2, 0.25) is 0 Å². The zero-order chi connectivity index (χ0) is 13.6. The van der Waals surface area contributed by atoms with Gasteiger partial charge in [-0.05, 0) is 0 Å². The lowest BCUT2D eigenvalue weighted by Gasteiger charge is -1.90. The molecule has 0 bridgehead atoms. The smallest absolute Gasteiger partial charge is 0.159 e. The van der Waals surface area contributed by atoms with E-state index >= 15 is 0 Å². The van der Waals surface area contributed by atoms with Crippen molar-refractivity contribution in [3.63, 3.8) is 0 Å². The Morgan fingerprint density at radius 1 is 1.16 bits per heavy atom. The van der Waals surface area contributed by atoms with Crippen LogP contribution in [0.5, 0.6) is 0 Å². The van der Waals surface area contributed by atoms with Crippen molar-refractivity contribution in [3.05, 3.63) is 28.9 Å². The zero-order valence-corrected chi connectivity index (χ0v) is 9.57. The number of hydrogen-bond acceptors (Lipinski definition) is 6. The maximum absolute atomic E-state index is 8.97. The standard InChI is InChI=1S/C11H8N8/c12-1-4-2-17-11-7(4)18-8(13)5-3-16-9(14)6(5)10(15)19-11/h2-3,13,16H,14H2,(H2,15,17,19). The van der Waals surface area contributed by atoms with Gasteiger partial charge >= 0.3 is 0 Å². The average molecular weight is 252 g/mol. The summed E-state index contributed by atoms with van der Waals surface area (Å²) < 4.78 is 0. The van der Waals surface area contributed by atoms with E-state index in [0.29, 0.717) is 10.8 Å². The van der Waals surface area contributed by atoms with Crippen molar-refractivity contribution in [2.24, 2.45) is 0 Å². The van der Waals surface area contributed by atoms with Crippen LogP contribution in [0.4, 0.5) is 5.82 Å². The number of nitrogens with two attached hydrogens (primary N) is 1. The lowest BCUT2D eigenvalue weighted by molar-refractivity contribution is 1.12. The molecule has 0 aliphatic carbocycles. The highest BCUT2D eigenvalue weighted by atomic mass is 14.9. The van der Waals surface area contributed by atoms with E-state index in [1.165, 1.54) is 12.4 Å². The first-order chi connectivity index (χ1) is 9.11. The van der Waals surface area contributed by atoms with E-state index < -0.39 is 0 Å². The van der Waals surface area contributed by atoms with Gasteiger partial charge in [0.1, 0.15) is 17.4 Å². The van der Waals surface area contributed by atoms with Gasteiger partial charge in [-0.15, -0.1) is 0 Å². The molecule has 92 valence electrons. The molecular weight excluding hydrogens is 244 g/mol. The molecule has 0 amide bonds. The second-order valence-corrected chi connectivity index (χ2v) is 3.92. The molecule has 0 aliphatic heterocycles. The summed E-state index contributed by atoms with van der Waals surface area (Å²) in [7, 11) is 0. The van der Waals surface area contributed by atoms with Gasteiger partial charge < -0.3 is 15.7 Å². The second kappa shape index (κ2) is 3.64. The molecule has 8 heteroatoms. The number of nitrogens with zero attached hydrogens (tertiary/aromatic N) is 3. The van der Waals surface area contributed by atoms with Crippen molar-refractivity contribution in [2.75, 3.05) is 5.73 Å². The highest BCUT2D eigenvalue weighted by molar-refractivity contribution is 5.90. The summed E-state index contributed by atoms with van der Waals surface area (Å²) in [5.41, 5.74) is 6.40. The minimum absolute atomic E-state index is 0.0695. The van der Waals surface area contributed by atoms with Crippen molar-refractivity contribution in [3.8, 4) is 6.07 Å². The largest absolute Gasteiger partial charge is 0.385 e. The van der Waals surface area contributed by atoms with Gasteiger partial charge in [-0.1, -0.05) is 0 Å². The molecule has 3 rings (SSSR count). The van der Waals surface area contributed by atoms with Crippen molar-refractivity contribution in [1.29, 1.82) is 16.1 Å². The minimum Gasteiger partial charge on any atom is -0.385 e. The van der Waals surface area contributed by atoms with Gasteiger partial charge in [0.15, 0.2) is 16.6 Å². The Morgan fingerprint density at radius 2 is 1.95 bits per heavy atom. The Hall–Kier alpha value is -3.21. The van der Waals surface area contributed by atoms with Crippen LogP contribution in [0.15, 0.2) is 12.4 Å². The number of rotatable bonds is 0. The predicted molar refractivity (Wildman–Crippen MR) is 66.6 cm³/mol. The van der Waals surface area contributed by atoms with Gasteiger partial charge in [-0.3, -0.25) is 10.8 Å². The third-order valence-electron chi connectivity index (χ3n) is 2.80. The van der Waals surface area contributed by atoms with Gasteiger partial charge in [0, 0.05) is 17.8 Å². The summed E-state index contributed by atoms with van der Waals surface area (Å²) in [6.07, 6.45) is 2.95. The van der Waals surface area contributed by atoms with Crippen LogP contribution in [-0.2, 0) is 0 Å². The topological polar surface area (TPSA) is 155 Å². The number of hydrogen-bond donors (Lipinski definition) is 5. The van der Waals surface area contributed by atoms with Gasteiger partial charge in [0.2, 0.25) is 0 Å². The van der Waals surface area contributed by atoms with Crippen molar-refractivity contribution >= 4 is 27.8 Å². The fourth-order valence-electron chi connectivity index (χ4n) is 1.91. The van der Waals surface area contributed by atoms with Gasteiger partial charge in [-0.25, -0.2) is 9.97 Å². The van der Waals surface area contributed by atoms with E-state index in [4.69, 9.17) is 21.8 Å². The maximum Gasteiger partial charge on any atom is 0.159 e. The quantitative estimate of drug-likeness (QED) is 0.377. The fourth-order valence-corrected chi connectivity index (χ4v) is 1.91. The van der Waals surface area contributed by atoms with E-state index in [2.05, 4.69) is 19.9 Å². The first kappa shape index (κ1) is 10.9. The Balaban J connectivity index is 2.69. The van der Waals surface area contributed by atoms with Crippen LogP contribution >= 0.6 is 0 Å². The molecule has 3 heterocycles. The van der Waals surface area contributed by atoms with Crippen LogP contribution in [0, 0.1) is 22.1 Å². The number of fused-ring (bicyclic) bond motifs is 2. The van der Waals surface area contributed by atoms with Crippen molar-refractivity contribution < 1.29 is 0 Å². The highest BCUT2D eigenvalue weighted by Crippen LogP contribution is 2.13. The first-order valence-electron chi connectivity index (χ1n) is 5.31. The van der Waals surface area contributed by atoms with Gasteiger partial charge in [0.05, 0.1) is 10.9 Å². The predicted octanol–water partition coefficient (Wildman–Crippen LogP) is -0.148. The fraction of sp³-hybridized carbons (Fsp3) is 0. The lowest BCUT2D eigenvalue weighted by atomic mass is 10.3. The Morgan fingerprint density at radius 3 is 2.68 bits per heavy atom. The Kier molecular flexibility index (Phi) is 2.09. The number of H-pyrrole nitrogens is 2. The van der Waals surface area contributed by atoms with Crippen LogP contribution < -0.4 is 16.7 Å². The van der Waals surface area contributed by atoms with E-state index in [0.717, 1.165) is 0 Å². The summed E-state index contributed by atoms with van der Waals surface area (Å²) in [4.78, 5) is 13.7. The Labute approximate surface area is 105 Å². The molecule has 0 fully saturated rings. The van der Waals surface area contributed by atoms with Gasteiger partial charge in [-0.2, -0.15) is 5.26 Å². The first-order valence-corrected chi connectivity index (χ1v) is 5.31. The summed E-state index contributed by atoms with van der Waals surface area (Å²) in [5.74, 6) is 0.263. The second-order valence-electron chi connectivity index (χ2n) is 3.92. The maximum atomic E-state index is 8.97. The number of aromatic nitrogens is 4. The zero-order valence-electron chi connectivity index (χ0n) is 9.57. The third kappa shape index (κ3) is 1.45. The van der Waals surface area contributed by atoms with Crippen molar-refractivity contribution in [2.45, 2.75) is 0 Å². The van der Waals surface area contributed by atoms with E-state index in [1.807, 2.05) is 6.07 Å². The molecule has 6 N–H and O–H groups in total. The molecule has 3 aromatic heterocycles. The average Bonchev–Trinajstić information content (AvgIpc) is 2.92. The lowest BCUT2D eigenvalue weighted by Crippen LogP contribution is -2.12. The molecule has 19 heavy (non-hydrogen) atoms. The number of anilines is 1. The van der Waals surface area contributed by atoms with Crippen LogP contribution in [0.1, 0.15) is 5.56 Å². The molecular formula is C11H8N8. The van der Waals surface area contributed by atoms with Crippen molar-refractivity contribution in [1.82, 2.24) is 19.9 Å². The minimum atomic E-state index is -0.0824. The number of nitrogens with one attached hydrogen (secondary N) is 4.